The van der Waals surface area contributed by atoms with Gasteiger partial charge in [0.05, 0.1) is 4.90 Å². The molecule has 2 heterocycles. The molecule has 2 fully saturated rings. The van der Waals surface area contributed by atoms with Gasteiger partial charge in [0.2, 0.25) is 15.9 Å². The van der Waals surface area contributed by atoms with Crippen LogP contribution < -0.4 is 10.0 Å². The van der Waals surface area contributed by atoms with E-state index in [1.54, 1.807) is 18.2 Å². The summed E-state index contributed by atoms with van der Waals surface area (Å²) in [5, 5.41) is 3.24. The fourth-order valence-electron chi connectivity index (χ4n) is 5.55. The first kappa shape index (κ1) is 26.7. The highest BCUT2D eigenvalue weighted by Gasteiger charge is 2.43. The van der Waals surface area contributed by atoms with Crippen LogP contribution in [0.2, 0.25) is 0 Å². The third-order valence-corrected chi connectivity index (χ3v) is 9.19. The Kier molecular flexibility index (Phi) is 7.27. The van der Waals surface area contributed by atoms with E-state index in [4.69, 9.17) is 0 Å². The maximum atomic E-state index is 13.2. The summed E-state index contributed by atoms with van der Waals surface area (Å²) in [7, 11) is -1.84. The molecule has 1 aromatic heterocycles. The number of sulfonamides is 1. The van der Waals surface area contributed by atoms with Crippen molar-refractivity contribution in [3.05, 3.63) is 54.6 Å². The Morgan fingerprint density at radius 2 is 1.74 bits per heavy atom. The number of aryl methyl sites for hydroxylation is 1. The molecule has 1 amide bonds. The molecule has 204 valence electrons. The number of carbonyl (C=O) groups is 1. The molecular weight excluding hydrogens is 517 g/mol. The van der Waals surface area contributed by atoms with Crippen LogP contribution in [0.1, 0.15) is 25.7 Å². The maximum absolute atomic E-state index is 13.2. The molecule has 11 heteroatoms. The van der Waals surface area contributed by atoms with Crippen molar-refractivity contribution in [1.29, 1.82) is 0 Å². The molecule has 0 bridgehead atoms. The Morgan fingerprint density at radius 1 is 1.03 bits per heavy atom. The normalized spacial score (nSPS) is 23.1. The minimum absolute atomic E-state index is 0.101. The van der Waals surface area contributed by atoms with E-state index in [1.807, 2.05) is 48.0 Å². The van der Waals surface area contributed by atoms with Gasteiger partial charge < -0.3 is 14.8 Å². The number of nitrogens with zero attached hydrogens (tertiary/aromatic N) is 2. The van der Waals surface area contributed by atoms with E-state index in [-0.39, 0.29) is 42.4 Å². The molecule has 1 saturated heterocycles. The van der Waals surface area contributed by atoms with Crippen LogP contribution in [-0.2, 0) is 21.9 Å². The van der Waals surface area contributed by atoms with Crippen LogP contribution in [-0.4, -0.2) is 61.7 Å². The highest BCUT2D eigenvalue weighted by Crippen LogP contribution is 2.31. The number of amides is 1. The van der Waals surface area contributed by atoms with Gasteiger partial charge in [-0.15, -0.1) is 0 Å². The molecule has 0 spiro atoms. The fourth-order valence-corrected chi connectivity index (χ4v) is 6.89. The number of halogens is 3. The molecule has 38 heavy (non-hydrogen) atoms. The Morgan fingerprint density at radius 3 is 2.42 bits per heavy atom. The summed E-state index contributed by atoms with van der Waals surface area (Å²) in [6.45, 7) is -0.0432. The van der Waals surface area contributed by atoms with E-state index in [0.717, 1.165) is 22.2 Å². The van der Waals surface area contributed by atoms with Crippen molar-refractivity contribution in [2.45, 2.75) is 48.8 Å². The Hall–Kier alpha value is -2.89. The zero-order valence-electron chi connectivity index (χ0n) is 21.0. The monoisotopic (exact) mass is 548 g/mol. The number of alkyl halides is 3. The van der Waals surface area contributed by atoms with E-state index in [1.165, 1.54) is 4.90 Å². The van der Waals surface area contributed by atoms with Gasteiger partial charge in [0.25, 0.3) is 0 Å². The van der Waals surface area contributed by atoms with Crippen LogP contribution in [0.25, 0.3) is 22.2 Å². The summed E-state index contributed by atoms with van der Waals surface area (Å²) in [5.41, 5.74) is 2.94. The minimum Gasteiger partial charge on any atom is -0.344 e. The van der Waals surface area contributed by atoms with Crippen molar-refractivity contribution in [3.63, 3.8) is 0 Å². The van der Waals surface area contributed by atoms with Crippen molar-refractivity contribution in [3.8, 4) is 11.3 Å². The quantitative estimate of drug-likeness (QED) is 0.504. The summed E-state index contributed by atoms with van der Waals surface area (Å²) < 4.78 is 70.5. The summed E-state index contributed by atoms with van der Waals surface area (Å²) in [6, 6.07) is 14.9. The lowest BCUT2D eigenvalue weighted by atomic mass is 9.85. The van der Waals surface area contributed by atoms with Gasteiger partial charge in [0.1, 0.15) is 6.04 Å². The second-order valence-corrected chi connectivity index (χ2v) is 11.9. The summed E-state index contributed by atoms with van der Waals surface area (Å²) in [6.07, 6.45) is -2.62. The van der Waals surface area contributed by atoms with Crippen LogP contribution in [0.4, 0.5) is 13.2 Å². The molecule has 1 unspecified atom stereocenters. The van der Waals surface area contributed by atoms with Gasteiger partial charge >= 0.3 is 6.18 Å². The van der Waals surface area contributed by atoms with Gasteiger partial charge in [0.15, 0.2) is 0 Å². The number of nitrogens with one attached hydrogen (secondary N) is 2. The van der Waals surface area contributed by atoms with Gasteiger partial charge in [-0.25, -0.2) is 13.1 Å². The summed E-state index contributed by atoms with van der Waals surface area (Å²) in [5.74, 6) is -0.661. The SMILES string of the molecule is Cn1c(-c2ccccc2)cc2cc(S(=O)(=O)NC3CCC(C(=O)N4CCNC(C(F)(F)F)C4)CC3)ccc21. The molecule has 2 aromatic carbocycles. The molecule has 2 aliphatic rings. The number of carbonyl (C=O) groups excluding carboxylic acids is 1. The molecule has 5 rings (SSSR count). The van der Waals surface area contributed by atoms with Gasteiger partial charge in [-0.3, -0.25) is 4.79 Å². The van der Waals surface area contributed by atoms with E-state index in [0.29, 0.717) is 25.7 Å². The molecule has 1 saturated carbocycles. The van der Waals surface area contributed by atoms with Gasteiger partial charge in [-0.2, -0.15) is 13.2 Å². The largest absolute Gasteiger partial charge is 0.405 e. The second-order valence-electron chi connectivity index (χ2n) is 10.2. The highest BCUT2D eigenvalue weighted by atomic mass is 32.2. The van der Waals surface area contributed by atoms with Crippen LogP contribution in [0.5, 0.6) is 0 Å². The highest BCUT2D eigenvalue weighted by molar-refractivity contribution is 7.89. The zero-order chi connectivity index (χ0) is 27.1. The van der Waals surface area contributed by atoms with E-state index >= 15 is 0 Å². The number of aromatic nitrogens is 1. The molecule has 2 N–H and O–H groups in total. The van der Waals surface area contributed by atoms with Crippen LogP contribution >= 0.6 is 0 Å². The number of hydrogen-bond acceptors (Lipinski definition) is 4. The first-order chi connectivity index (χ1) is 18.0. The standard InChI is InChI=1S/C27H31F3N4O3S/c1-33-23-12-11-22(15-20(23)16-24(33)18-5-3-2-4-6-18)38(36,37)32-21-9-7-19(8-10-21)26(35)34-14-13-31-25(17-34)27(28,29)30/h2-6,11-12,15-16,19,21,25,31-32H,7-10,13-14,17H2,1H3. The van der Waals surface area contributed by atoms with Crippen molar-refractivity contribution in [1.82, 2.24) is 19.5 Å². The first-order valence-corrected chi connectivity index (χ1v) is 14.3. The zero-order valence-corrected chi connectivity index (χ0v) is 21.9. The van der Waals surface area contributed by atoms with E-state index < -0.39 is 22.2 Å². The predicted molar refractivity (Wildman–Crippen MR) is 139 cm³/mol. The lowest BCUT2D eigenvalue weighted by molar-refractivity contribution is -0.169. The number of piperazine rings is 1. The number of hydrogen-bond donors (Lipinski definition) is 2. The van der Waals surface area contributed by atoms with Crippen molar-refractivity contribution in [2.75, 3.05) is 19.6 Å². The molecule has 1 atom stereocenters. The summed E-state index contributed by atoms with van der Waals surface area (Å²) in [4.78, 5) is 14.4. The van der Waals surface area contributed by atoms with Gasteiger partial charge in [-0.05, 0) is 55.5 Å². The summed E-state index contributed by atoms with van der Waals surface area (Å²) >= 11 is 0. The molecule has 1 aliphatic heterocycles. The lowest BCUT2D eigenvalue weighted by Crippen LogP contribution is -2.59. The molecular formula is C27H31F3N4O3S. The van der Waals surface area contributed by atoms with Crippen LogP contribution in [0, 0.1) is 5.92 Å². The topological polar surface area (TPSA) is 83.4 Å². The van der Waals surface area contributed by atoms with Crippen LogP contribution in [0.3, 0.4) is 0 Å². The van der Waals surface area contributed by atoms with Gasteiger partial charge in [-0.1, -0.05) is 30.3 Å². The lowest BCUT2D eigenvalue weighted by Gasteiger charge is -2.38. The third-order valence-electron chi connectivity index (χ3n) is 7.67. The first-order valence-electron chi connectivity index (χ1n) is 12.8. The van der Waals surface area contributed by atoms with E-state index in [2.05, 4.69) is 10.0 Å². The van der Waals surface area contributed by atoms with Gasteiger partial charge in [0, 0.05) is 55.2 Å². The van der Waals surface area contributed by atoms with Crippen LogP contribution in [0.15, 0.2) is 59.5 Å². The molecule has 7 nitrogen and oxygen atoms in total. The fraction of sp³-hybridized carbons (Fsp3) is 0.444. The maximum Gasteiger partial charge on any atom is 0.405 e. The Labute approximate surface area is 220 Å². The number of benzene rings is 2. The predicted octanol–water partition coefficient (Wildman–Crippen LogP) is 4.05. The average molecular weight is 549 g/mol. The smallest absolute Gasteiger partial charge is 0.344 e. The number of fused-ring (bicyclic) bond motifs is 1. The minimum atomic E-state index is -4.40. The Bertz CT molecular complexity index is 1410. The number of rotatable bonds is 5. The van der Waals surface area contributed by atoms with Crippen molar-refractivity contribution < 1.29 is 26.4 Å². The average Bonchev–Trinajstić information content (AvgIpc) is 3.24. The second kappa shape index (κ2) is 10.3. The third kappa shape index (κ3) is 5.45. The van der Waals surface area contributed by atoms with Crippen molar-refractivity contribution in [2.24, 2.45) is 13.0 Å². The Balaban J connectivity index is 1.22. The molecule has 1 aliphatic carbocycles. The molecule has 0 radical (unpaired) electrons. The van der Waals surface area contributed by atoms with E-state index in [9.17, 15) is 26.4 Å². The molecule has 3 aromatic rings. The van der Waals surface area contributed by atoms with Crippen molar-refractivity contribution >= 4 is 26.8 Å².